The Kier molecular flexibility index (Phi) is 2.97. The zero-order valence-corrected chi connectivity index (χ0v) is 11.8. The molecule has 1 aromatic carbocycles. The Bertz CT molecular complexity index is 526. The fourth-order valence-corrected chi connectivity index (χ4v) is 3.20. The van der Waals surface area contributed by atoms with Crippen LogP contribution < -0.4 is 4.90 Å². The van der Waals surface area contributed by atoms with E-state index in [2.05, 4.69) is 22.6 Å². The third-order valence-electron chi connectivity index (χ3n) is 3.57. The van der Waals surface area contributed by atoms with Crippen LogP contribution in [0.4, 0.5) is 5.69 Å². The Labute approximate surface area is 119 Å². The summed E-state index contributed by atoms with van der Waals surface area (Å²) in [7, 11) is 0. The maximum atomic E-state index is 12.3. The molecule has 1 saturated heterocycles. The lowest BCUT2D eigenvalue weighted by atomic mass is 9.85. The molecule has 1 fully saturated rings. The molecule has 18 heavy (non-hydrogen) atoms. The summed E-state index contributed by atoms with van der Waals surface area (Å²) >= 11 is 2.19. The number of imide groups is 1. The molecule has 0 spiro atoms. The summed E-state index contributed by atoms with van der Waals surface area (Å²) in [6.45, 7) is 0. The van der Waals surface area contributed by atoms with Gasteiger partial charge in [0.2, 0.25) is 11.8 Å². The van der Waals surface area contributed by atoms with Crippen molar-refractivity contribution in [1.82, 2.24) is 0 Å². The number of hydrogen-bond donors (Lipinski definition) is 0. The number of hydrogen-bond acceptors (Lipinski definition) is 2. The maximum absolute atomic E-state index is 12.3. The number of halogens is 1. The summed E-state index contributed by atoms with van der Waals surface area (Å²) < 4.78 is 1.03. The maximum Gasteiger partial charge on any atom is 0.238 e. The molecule has 0 aromatic heterocycles. The van der Waals surface area contributed by atoms with Crippen LogP contribution in [-0.2, 0) is 9.59 Å². The first-order chi connectivity index (χ1) is 8.68. The van der Waals surface area contributed by atoms with Crippen molar-refractivity contribution in [3.8, 4) is 0 Å². The predicted molar refractivity (Wildman–Crippen MR) is 77.0 cm³/mol. The zero-order chi connectivity index (χ0) is 12.7. The van der Waals surface area contributed by atoms with Gasteiger partial charge in [-0.1, -0.05) is 18.2 Å². The van der Waals surface area contributed by atoms with Crippen LogP contribution in [0.3, 0.4) is 0 Å². The first-order valence-electron chi connectivity index (χ1n) is 5.97. The Morgan fingerprint density at radius 2 is 1.67 bits per heavy atom. The Balaban J connectivity index is 1.99. The van der Waals surface area contributed by atoms with E-state index >= 15 is 0 Å². The van der Waals surface area contributed by atoms with Crippen LogP contribution in [-0.4, -0.2) is 11.8 Å². The molecule has 0 bridgehead atoms. The van der Waals surface area contributed by atoms with Crippen molar-refractivity contribution in [3.05, 3.63) is 40.0 Å². The van der Waals surface area contributed by atoms with Gasteiger partial charge in [-0.25, -0.2) is 4.90 Å². The number of anilines is 1. The number of allylic oxidation sites excluding steroid dienone is 2. The average molecular weight is 353 g/mol. The summed E-state index contributed by atoms with van der Waals surface area (Å²) in [4.78, 5) is 26.0. The summed E-state index contributed by atoms with van der Waals surface area (Å²) in [6.07, 6.45) is 5.39. The van der Waals surface area contributed by atoms with Crippen LogP contribution in [0.1, 0.15) is 12.8 Å². The molecule has 0 radical (unpaired) electrons. The van der Waals surface area contributed by atoms with Crippen molar-refractivity contribution < 1.29 is 9.59 Å². The number of amides is 2. The molecule has 92 valence electrons. The van der Waals surface area contributed by atoms with E-state index in [1.54, 1.807) is 0 Å². The SMILES string of the molecule is O=C1[C@H]2CC=CC[C@H]2C(=O)N1c1cccc(I)c1. The van der Waals surface area contributed by atoms with E-state index in [-0.39, 0.29) is 23.7 Å². The van der Waals surface area contributed by atoms with Crippen LogP contribution in [0.15, 0.2) is 36.4 Å². The topological polar surface area (TPSA) is 37.4 Å². The normalized spacial score (nSPS) is 26.6. The van der Waals surface area contributed by atoms with Crippen LogP contribution in [0.5, 0.6) is 0 Å². The molecule has 0 N–H and O–H groups in total. The fourth-order valence-electron chi connectivity index (χ4n) is 2.67. The third-order valence-corrected chi connectivity index (χ3v) is 4.24. The van der Waals surface area contributed by atoms with Gasteiger partial charge in [-0.15, -0.1) is 0 Å². The number of carbonyl (C=O) groups is 2. The lowest BCUT2D eigenvalue weighted by molar-refractivity contribution is -0.122. The Hall–Kier alpha value is -1.17. The van der Waals surface area contributed by atoms with E-state index in [1.807, 2.05) is 36.4 Å². The lowest BCUT2D eigenvalue weighted by Gasteiger charge is -2.14. The molecule has 2 atom stereocenters. The average Bonchev–Trinajstić information content (AvgIpc) is 2.63. The molecule has 1 aliphatic heterocycles. The highest BCUT2D eigenvalue weighted by molar-refractivity contribution is 14.1. The van der Waals surface area contributed by atoms with E-state index in [1.165, 1.54) is 4.90 Å². The van der Waals surface area contributed by atoms with E-state index in [4.69, 9.17) is 0 Å². The van der Waals surface area contributed by atoms with Crippen LogP contribution in [0.25, 0.3) is 0 Å². The molecule has 0 saturated carbocycles. The molecular formula is C14H12INO2. The molecule has 1 heterocycles. The number of fused-ring (bicyclic) bond motifs is 1. The minimum Gasteiger partial charge on any atom is -0.274 e. The van der Waals surface area contributed by atoms with Gasteiger partial charge in [0.05, 0.1) is 17.5 Å². The molecule has 4 heteroatoms. The van der Waals surface area contributed by atoms with E-state index in [9.17, 15) is 9.59 Å². The highest BCUT2D eigenvalue weighted by Crippen LogP contribution is 2.37. The first-order valence-corrected chi connectivity index (χ1v) is 7.05. The van der Waals surface area contributed by atoms with Crippen molar-refractivity contribution in [2.24, 2.45) is 11.8 Å². The van der Waals surface area contributed by atoms with E-state index in [0.717, 1.165) is 3.57 Å². The molecule has 3 nitrogen and oxygen atoms in total. The van der Waals surface area contributed by atoms with Crippen molar-refractivity contribution in [3.63, 3.8) is 0 Å². The van der Waals surface area contributed by atoms with Gasteiger partial charge < -0.3 is 0 Å². The molecule has 2 amide bonds. The lowest BCUT2D eigenvalue weighted by Crippen LogP contribution is -2.30. The number of benzene rings is 1. The Morgan fingerprint density at radius 1 is 1.06 bits per heavy atom. The quantitative estimate of drug-likeness (QED) is 0.442. The van der Waals surface area contributed by atoms with Crippen molar-refractivity contribution in [1.29, 1.82) is 0 Å². The van der Waals surface area contributed by atoms with Gasteiger partial charge in [0.1, 0.15) is 0 Å². The zero-order valence-electron chi connectivity index (χ0n) is 9.67. The predicted octanol–water partition coefficient (Wildman–Crippen LogP) is 2.75. The van der Waals surface area contributed by atoms with E-state index < -0.39 is 0 Å². The number of nitrogens with zero attached hydrogens (tertiary/aromatic N) is 1. The molecule has 2 aliphatic rings. The highest BCUT2D eigenvalue weighted by atomic mass is 127. The molecular weight excluding hydrogens is 341 g/mol. The van der Waals surface area contributed by atoms with E-state index in [0.29, 0.717) is 18.5 Å². The molecule has 0 unspecified atom stereocenters. The van der Waals surface area contributed by atoms with Crippen molar-refractivity contribution in [2.45, 2.75) is 12.8 Å². The minimum atomic E-state index is -0.152. The van der Waals surface area contributed by atoms with Crippen LogP contribution in [0, 0.1) is 15.4 Å². The fraction of sp³-hybridized carbons (Fsp3) is 0.286. The molecule has 1 aliphatic carbocycles. The minimum absolute atomic E-state index is 0.0450. The van der Waals surface area contributed by atoms with Crippen molar-refractivity contribution >= 4 is 40.1 Å². The van der Waals surface area contributed by atoms with Gasteiger partial charge in [0.25, 0.3) is 0 Å². The highest BCUT2D eigenvalue weighted by Gasteiger charge is 2.47. The third kappa shape index (κ3) is 1.79. The number of rotatable bonds is 1. The second kappa shape index (κ2) is 4.50. The van der Waals surface area contributed by atoms with Crippen molar-refractivity contribution in [2.75, 3.05) is 4.90 Å². The Morgan fingerprint density at radius 3 is 2.22 bits per heavy atom. The van der Waals surface area contributed by atoms with Crippen LogP contribution >= 0.6 is 22.6 Å². The second-order valence-corrected chi connectivity index (χ2v) is 5.89. The standard InChI is InChI=1S/C14H12INO2/c15-9-4-3-5-10(8-9)16-13(17)11-6-1-2-7-12(11)14(16)18/h1-5,8,11-12H,6-7H2/t11-,12+. The van der Waals surface area contributed by atoms with Gasteiger partial charge in [-0.2, -0.15) is 0 Å². The van der Waals surface area contributed by atoms with Crippen LogP contribution in [0.2, 0.25) is 0 Å². The smallest absolute Gasteiger partial charge is 0.238 e. The monoisotopic (exact) mass is 353 g/mol. The van der Waals surface area contributed by atoms with Gasteiger partial charge in [0.15, 0.2) is 0 Å². The van der Waals surface area contributed by atoms with Gasteiger partial charge in [-0.3, -0.25) is 9.59 Å². The summed E-state index contributed by atoms with van der Waals surface area (Å²) in [6, 6.07) is 7.52. The van der Waals surface area contributed by atoms with Gasteiger partial charge in [-0.05, 0) is 53.6 Å². The first kappa shape index (κ1) is 11.9. The largest absolute Gasteiger partial charge is 0.274 e. The summed E-state index contributed by atoms with van der Waals surface area (Å²) in [5.41, 5.74) is 0.700. The van der Waals surface area contributed by atoms with Gasteiger partial charge >= 0.3 is 0 Å². The molecule has 1 aromatic rings. The molecule has 3 rings (SSSR count). The van der Waals surface area contributed by atoms with Gasteiger partial charge in [0, 0.05) is 3.57 Å². The summed E-state index contributed by atoms with van der Waals surface area (Å²) in [5.74, 6) is -0.395. The summed E-state index contributed by atoms with van der Waals surface area (Å²) in [5, 5.41) is 0. The number of carbonyl (C=O) groups excluding carboxylic acids is 2. The second-order valence-electron chi connectivity index (χ2n) is 4.65.